The fourth-order valence-electron chi connectivity index (χ4n) is 1.21. The molecule has 74 valence electrons. The lowest BCUT2D eigenvalue weighted by molar-refractivity contribution is 0.104. The molecule has 2 N–H and O–H groups in total. The van der Waals surface area contributed by atoms with Crippen LogP contribution in [-0.2, 0) is 11.8 Å². The maximum absolute atomic E-state index is 5.93. The SMILES string of the molecule is COC(C)CC(N)c1ccn(C)n1. The Kier molecular flexibility index (Phi) is 3.45. The van der Waals surface area contributed by atoms with Gasteiger partial charge in [-0.25, -0.2) is 0 Å². The summed E-state index contributed by atoms with van der Waals surface area (Å²) in [6, 6.07) is 1.91. The molecule has 0 fully saturated rings. The highest BCUT2D eigenvalue weighted by Crippen LogP contribution is 2.14. The molecule has 0 amide bonds. The number of rotatable bonds is 4. The van der Waals surface area contributed by atoms with E-state index in [0.717, 1.165) is 12.1 Å². The van der Waals surface area contributed by atoms with Crippen LogP contribution in [0.1, 0.15) is 25.1 Å². The molecule has 1 heterocycles. The van der Waals surface area contributed by atoms with Gasteiger partial charge in [0.25, 0.3) is 0 Å². The predicted octanol–water partition coefficient (Wildman–Crippen LogP) is 0.845. The Bertz CT molecular complexity index is 259. The number of nitrogens with two attached hydrogens (primary N) is 1. The van der Waals surface area contributed by atoms with Crippen molar-refractivity contribution >= 4 is 0 Å². The molecule has 2 unspecified atom stereocenters. The van der Waals surface area contributed by atoms with Crippen LogP contribution in [0.3, 0.4) is 0 Å². The highest BCUT2D eigenvalue weighted by Gasteiger charge is 2.12. The molecular formula is C9H17N3O. The minimum absolute atomic E-state index is 0.0313. The first-order valence-electron chi connectivity index (χ1n) is 4.41. The second-order valence-electron chi connectivity index (χ2n) is 3.30. The van der Waals surface area contributed by atoms with Crippen LogP contribution in [0.15, 0.2) is 12.3 Å². The van der Waals surface area contributed by atoms with Gasteiger partial charge in [0.05, 0.1) is 17.8 Å². The third kappa shape index (κ3) is 2.82. The molecule has 0 saturated carbocycles. The molecule has 0 aliphatic rings. The Labute approximate surface area is 78.7 Å². The smallest absolute Gasteiger partial charge is 0.0792 e. The number of aromatic nitrogens is 2. The lowest BCUT2D eigenvalue weighted by Gasteiger charge is -2.13. The van der Waals surface area contributed by atoms with Crippen molar-refractivity contribution in [3.63, 3.8) is 0 Å². The molecule has 1 aromatic heterocycles. The average Bonchev–Trinajstić information content (AvgIpc) is 2.51. The summed E-state index contributed by atoms with van der Waals surface area (Å²) in [5.74, 6) is 0. The Hall–Kier alpha value is -0.870. The van der Waals surface area contributed by atoms with Crippen molar-refractivity contribution in [2.75, 3.05) is 7.11 Å². The van der Waals surface area contributed by atoms with Crippen molar-refractivity contribution in [3.8, 4) is 0 Å². The quantitative estimate of drug-likeness (QED) is 0.752. The van der Waals surface area contributed by atoms with E-state index >= 15 is 0 Å². The molecule has 0 saturated heterocycles. The lowest BCUT2D eigenvalue weighted by Crippen LogP contribution is -2.18. The van der Waals surface area contributed by atoms with E-state index in [1.807, 2.05) is 26.2 Å². The van der Waals surface area contributed by atoms with Crippen molar-refractivity contribution in [1.29, 1.82) is 0 Å². The minimum atomic E-state index is -0.0313. The van der Waals surface area contributed by atoms with E-state index < -0.39 is 0 Å². The minimum Gasteiger partial charge on any atom is -0.382 e. The van der Waals surface area contributed by atoms with Gasteiger partial charge in [0, 0.05) is 20.4 Å². The molecular weight excluding hydrogens is 166 g/mol. The summed E-state index contributed by atoms with van der Waals surface area (Å²) in [5.41, 5.74) is 6.85. The molecule has 0 aliphatic heterocycles. The van der Waals surface area contributed by atoms with Crippen molar-refractivity contribution < 1.29 is 4.74 Å². The first kappa shape index (κ1) is 10.2. The van der Waals surface area contributed by atoms with E-state index in [-0.39, 0.29) is 12.1 Å². The topological polar surface area (TPSA) is 53.1 Å². The van der Waals surface area contributed by atoms with Gasteiger partial charge < -0.3 is 10.5 Å². The van der Waals surface area contributed by atoms with E-state index in [4.69, 9.17) is 10.5 Å². The highest BCUT2D eigenvalue weighted by molar-refractivity contribution is 5.04. The zero-order valence-electron chi connectivity index (χ0n) is 8.40. The summed E-state index contributed by atoms with van der Waals surface area (Å²) in [6.45, 7) is 2.00. The number of ether oxygens (including phenoxy) is 1. The molecule has 0 spiro atoms. The molecule has 13 heavy (non-hydrogen) atoms. The maximum Gasteiger partial charge on any atom is 0.0792 e. The van der Waals surface area contributed by atoms with Crippen LogP contribution in [0.4, 0.5) is 0 Å². The largest absolute Gasteiger partial charge is 0.382 e. The van der Waals surface area contributed by atoms with E-state index in [1.54, 1.807) is 11.8 Å². The first-order valence-corrected chi connectivity index (χ1v) is 4.41. The van der Waals surface area contributed by atoms with Gasteiger partial charge in [-0.2, -0.15) is 5.10 Å². The highest BCUT2D eigenvalue weighted by atomic mass is 16.5. The summed E-state index contributed by atoms with van der Waals surface area (Å²) < 4.78 is 6.89. The summed E-state index contributed by atoms with van der Waals surface area (Å²) in [7, 11) is 3.58. The van der Waals surface area contributed by atoms with E-state index in [9.17, 15) is 0 Å². The lowest BCUT2D eigenvalue weighted by atomic mass is 10.1. The second kappa shape index (κ2) is 4.39. The molecule has 0 bridgehead atoms. The Morgan fingerprint density at radius 3 is 2.85 bits per heavy atom. The van der Waals surface area contributed by atoms with Gasteiger partial charge in [-0.15, -0.1) is 0 Å². The number of hydrogen-bond acceptors (Lipinski definition) is 3. The molecule has 0 radical (unpaired) electrons. The molecule has 0 aliphatic carbocycles. The fraction of sp³-hybridized carbons (Fsp3) is 0.667. The van der Waals surface area contributed by atoms with Gasteiger partial charge in [-0.1, -0.05) is 0 Å². The van der Waals surface area contributed by atoms with Crippen LogP contribution >= 0.6 is 0 Å². The third-order valence-corrected chi connectivity index (χ3v) is 2.10. The van der Waals surface area contributed by atoms with E-state index in [1.165, 1.54) is 0 Å². The van der Waals surface area contributed by atoms with E-state index in [0.29, 0.717) is 0 Å². The first-order chi connectivity index (χ1) is 6.13. The van der Waals surface area contributed by atoms with Crippen molar-refractivity contribution in [3.05, 3.63) is 18.0 Å². The van der Waals surface area contributed by atoms with Gasteiger partial charge >= 0.3 is 0 Å². The number of hydrogen-bond donors (Lipinski definition) is 1. The van der Waals surface area contributed by atoms with Gasteiger partial charge in [0.2, 0.25) is 0 Å². The summed E-state index contributed by atoms with van der Waals surface area (Å²) in [6.07, 6.45) is 2.87. The summed E-state index contributed by atoms with van der Waals surface area (Å²) in [5, 5.41) is 4.23. The van der Waals surface area contributed by atoms with Crippen LogP contribution in [0.2, 0.25) is 0 Å². The molecule has 2 atom stereocenters. The standard InChI is InChI=1S/C9H17N3O/c1-7(13-3)6-8(10)9-4-5-12(2)11-9/h4-5,7-8H,6,10H2,1-3H3. The number of aryl methyl sites for hydroxylation is 1. The molecule has 1 rings (SSSR count). The van der Waals surface area contributed by atoms with Crippen molar-refractivity contribution in [1.82, 2.24) is 9.78 Å². The number of methoxy groups -OCH3 is 1. The van der Waals surface area contributed by atoms with Crippen LogP contribution < -0.4 is 5.73 Å². The Morgan fingerprint density at radius 1 is 1.69 bits per heavy atom. The van der Waals surface area contributed by atoms with Crippen LogP contribution in [0.5, 0.6) is 0 Å². The normalized spacial score (nSPS) is 15.7. The zero-order chi connectivity index (χ0) is 9.84. The van der Waals surface area contributed by atoms with Gasteiger partial charge in [0.1, 0.15) is 0 Å². The van der Waals surface area contributed by atoms with E-state index in [2.05, 4.69) is 5.10 Å². The molecule has 4 nitrogen and oxygen atoms in total. The third-order valence-electron chi connectivity index (χ3n) is 2.10. The van der Waals surface area contributed by atoms with Crippen LogP contribution in [0.25, 0.3) is 0 Å². The Morgan fingerprint density at radius 2 is 2.38 bits per heavy atom. The second-order valence-corrected chi connectivity index (χ2v) is 3.30. The van der Waals surface area contributed by atoms with Gasteiger partial charge in [-0.05, 0) is 19.4 Å². The number of nitrogens with zero attached hydrogens (tertiary/aromatic N) is 2. The van der Waals surface area contributed by atoms with Crippen molar-refractivity contribution in [2.45, 2.75) is 25.5 Å². The monoisotopic (exact) mass is 183 g/mol. The summed E-state index contributed by atoms with van der Waals surface area (Å²) >= 11 is 0. The van der Waals surface area contributed by atoms with Gasteiger partial charge in [0.15, 0.2) is 0 Å². The van der Waals surface area contributed by atoms with Crippen molar-refractivity contribution in [2.24, 2.45) is 12.8 Å². The molecule has 4 heteroatoms. The fourth-order valence-corrected chi connectivity index (χ4v) is 1.21. The van der Waals surface area contributed by atoms with Crippen LogP contribution in [-0.4, -0.2) is 23.0 Å². The zero-order valence-corrected chi connectivity index (χ0v) is 8.40. The average molecular weight is 183 g/mol. The summed E-state index contributed by atoms with van der Waals surface area (Å²) in [4.78, 5) is 0. The maximum atomic E-state index is 5.93. The van der Waals surface area contributed by atoms with Gasteiger partial charge in [-0.3, -0.25) is 4.68 Å². The molecule has 0 aromatic carbocycles. The van der Waals surface area contributed by atoms with Crippen LogP contribution in [0, 0.1) is 0 Å². The Balaban J connectivity index is 2.53. The molecule has 1 aromatic rings. The predicted molar refractivity (Wildman–Crippen MR) is 51.2 cm³/mol.